The van der Waals surface area contributed by atoms with E-state index < -0.39 is 35.8 Å². The van der Waals surface area contributed by atoms with Crippen LogP contribution in [-0.4, -0.2) is 62.9 Å². The van der Waals surface area contributed by atoms with Crippen molar-refractivity contribution in [2.24, 2.45) is 0 Å². The van der Waals surface area contributed by atoms with Gasteiger partial charge in [0, 0.05) is 23.8 Å². The van der Waals surface area contributed by atoms with Crippen LogP contribution >= 0.6 is 0 Å². The second kappa shape index (κ2) is 9.87. The number of fused-ring (bicyclic) bond motifs is 1. The molecule has 12 heteroatoms. The van der Waals surface area contributed by atoms with Crippen LogP contribution in [0.25, 0.3) is 11.0 Å². The molecule has 0 aliphatic heterocycles. The first kappa shape index (κ1) is 22.9. The number of aromatic amines is 1. The highest BCUT2D eigenvalue weighted by Gasteiger charge is 2.15. The minimum absolute atomic E-state index is 0.194. The minimum atomic E-state index is -1.18. The van der Waals surface area contributed by atoms with Crippen LogP contribution in [0.5, 0.6) is 0 Å². The lowest BCUT2D eigenvalue weighted by Gasteiger charge is -2.19. The Morgan fingerprint density at radius 2 is 2.00 bits per heavy atom. The van der Waals surface area contributed by atoms with Crippen LogP contribution in [0.3, 0.4) is 0 Å². The molecule has 2 heterocycles. The lowest BCUT2D eigenvalue weighted by molar-refractivity contribution is -0.138. The van der Waals surface area contributed by atoms with E-state index in [9.17, 15) is 19.2 Å². The lowest BCUT2D eigenvalue weighted by atomic mass is 10.2. The molecule has 0 aliphatic rings. The van der Waals surface area contributed by atoms with Gasteiger partial charge < -0.3 is 30.2 Å². The van der Waals surface area contributed by atoms with Gasteiger partial charge in [0.15, 0.2) is 0 Å². The predicted molar refractivity (Wildman–Crippen MR) is 105 cm³/mol. The number of alkyl carbamates (subject to hydrolysis) is 1. The average molecular weight is 423 g/mol. The number of aromatic nitrogens is 3. The molecule has 0 saturated carbocycles. The third-order valence-corrected chi connectivity index (χ3v) is 3.55. The lowest BCUT2D eigenvalue weighted by Crippen LogP contribution is -2.35. The first-order chi connectivity index (χ1) is 14.0. The molecule has 0 aliphatic carbocycles. The Morgan fingerprint density at radius 1 is 1.27 bits per heavy atom. The van der Waals surface area contributed by atoms with Gasteiger partial charge in [-0.3, -0.25) is 14.2 Å². The van der Waals surface area contributed by atoms with Crippen molar-refractivity contribution in [3.05, 3.63) is 28.4 Å². The molecule has 2 amide bonds. The van der Waals surface area contributed by atoms with Gasteiger partial charge in [-0.05, 0) is 26.8 Å². The Kier molecular flexibility index (Phi) is 7.53. The molecule has 2 rings (SSSR count). The molecule has 0 unspecified atom stereocenters. The number of hydrogen-bond donors (Lipinski definition) is 4. The summed E-state index contributed by atoms with van der Waals surface area (Å²) in [6, 6.07) is 1.72. The number of amides is 2. The van der Waals surface area contributed by atoms with E-state index in [2.05, 4.69) is 20.6 Å². The largest absolute Gasteiger partial charge is 0.480 e. The molecule has 30 heavy (non-hydrogen) atoms. The Bertz CT molecular complexity index is 973. The number of carboxylic acid groups (broad SMARTS) is 1. The van der Waals surface area contributed by atoms with Crippen molar-refractivity contribution in [2.45, 2.75) is 39.5 Å². The summed E-state index contributed by atoms with van der Waals surface area (Å²) < 4.78 is 11.7. The fourth-order valence-corrected chi connectivity index (χ4v) is 2.39. The summed E-state index contributed by atoms with van der Waals surface area (Å²) in [5, 5.41) is 13.9. The molecule has 0 fully saturated rings. The van der Waals surface area contributed by atoms with E-state index in [4.69, 9.17) is 14.6 Å². The summed E-state index contributed by atoms with van der Waals surface area (Å²) in [4.78, 5) is 52.6. The summed E-state index contributed by atoms with van der Waals surface area (Å²) >= 11 is 0. The van der Waals surface area contributed by atoms with Gasteiger partial charge in [-0.25, -0.2) is 9.59 Å². The first-order valence-corrected chi connectivity index (χ1v) is 9.15. The molecular formula is C18H25N5O7. The fraction of sp³-hybridized carbons (Fsp3) is 0.500. The topological polar surface area (TPSA) is 165 Å². The van der Waals surface area contributed by atoms with Crippen LogP contribution in [0.2, 0.25) is 0 Å². The highest BCUT2D eigenvalue weighted by atomic mass is 16.6. The van der Waals surface area contributed by atoms with Gasteiger partial charge in [0.25, 0.3) is 0 Å². The maximum absolute atomic E-state index is 12.0. The van der Waals surface area contributed by atoms with Crippen molar-refractivity contribution in [3.63, 3.8) is 0 Å². The van der Waals surface area contributed by atoms with E-state index in [0.29, 0.717) is 16.7 Å². The zero-order valence-corrected chi connectivity index (χ0v) is 17.0. The van der Waals surface area contributed by atoms with Gasteiger partial charge in [-0.15, -0.1) is 0 Å². The van der Waals surface area contributed by atoms with Crippen molar-refractivity contribution in [2.75, 3.05) is 19.7 Å². The molecule has 0 saturated heterocycles. The van der Waals surface area contributed by atoms with Gasteiger partial charge in [-0.2, -0.15) is 4.98 Å². The molecule has 2 aromatic rings. The Hall–Kier alpha value is -3.41. The van der Waals surface area contributed by atoms with Crippen LogP contribution in [0.15, 0.2) is 17.1 Å². The highest BCUT2D eigenvalue weighted by molar-refractivity contribution is 5.81. The van der Waals surface area contributed by atoms with Crippen LogP contribution in [-0.2, 0) is 32.2 Å². The fourth-order valence-electron chi connectivity index (χ4n) is 2.39. The summed E-state index contributed by atoms with van der Waals surface area (Å²) in [6.07, 6.45) is 0.926. The summed E-state index contributed by atoms with van der Waals surface area (Å²) in [5.41, 5.74) is -0.227. The molecule has 2 aromatic heterocycles. The maximum Gasteiger partial charge on any atom is 0.407 e. The number of nitrogens with one attached hydrogen (secondary N) is 3. The predicted octanol–water partition coefficient (Wildman–Crippen LogP) is -0.0333. The smallest absolute Gasteiger partial charge is 0.407 e. The number of nitrogens with zero attached hydrogens (tertiary/aromatic N) is 2. The molecule has 0 aromatic carbocycles. The van der Waals surface area contributed by atoms with Crippen molar-refractivity contribution < 1.29 is 29.0 Å². The van der Waals surface area contributed by atoms with Crippen molar-refractivity contribution in [1.82, 2.24) is 25.2 Å². The van der Waals surface area contributed by atoms with E-state index in [-0.39, 0.29) is 26.3 Å². The third kappa shape index (κ3) is 7.54. The number of aliphatic carboxylic acids is 1. The molecule has 4 N–H and O–H groups in total. The van der Waals surface area contributed by atoms with E-state index in [0.717, 1.165) is 4.57 Å². The van der Waals surface area contributed by atoms with Gasteiger partial charge in [0.1, 0.15) is 24.3 Å². The maximum atomic E-state index is 12.0. The monoisotopic (exact) mass is 423 g/mol. The minimum Gasteiger partial charge on any atom is -0.480 e. The second-order valence-corrected chi connectivity index (χ2v) is 7.40. The number of hydrogen-bond acceptors (Lipinski definition) is 7. The number of ether oxygens (including phenoxy) is 2. The van der Waals surface area contributed by atoms with E-state index in [1.807, 2.05) is 0 Å². The zero-order valence-electron chi connectivity index (χ0n) is 17.0. The Labute approximate surface area is 171 Å². The second-order valence-electron chi connectivity index (χ2n) is 7.40. The molecule has 0 radical (unpaired) electrons. The Balaban J connectivity index is 1.86. The normalized spacial score (nSPS) is 11.3. The molecule has 12 nitrogen and oxygen atoms in total. The van der Waals surface area contributed by atoms with Gasteiger partial charge in [0.05, 0.1) is 13.2 Å². The van der Waals surface area contributed by atoms with Gasteiger partial charge >= 0.3 is 17.8 Å². The van der Waals surface area contributed by atoms with Crippen LogP contribution < -0.4 is 16.3 Å². The summed E-state index contributed by atoms with van der Waals surface area (Å²) in [5.74, 6) is -1.79. The molecular weight excluding hydrogens is 398 g/mol. The number of carboxylic acids is 1. The average Bonchev–Trinajstić information content (AvgIpc) is 3.00. The quantitative estimate of drug-likeness (QED) is 0.408. The summed E-state index contributed by atoms with van der Waals surface area (Å²) in [7, 11) is 0. The van der Waals surface area contributed by atoms with E-state index in [1.165, 1.54) is 6.20 Å². The van der Waals surface area contributed by atoms with Crippen LogP contribution in [0.4, 0.5) is 4.79 Å². The number of rotatable bonds is 9. The van der Waals surface area contributed by atoms with Crippen molar-refractivity contribution >= 4 is 29.0 Å². The van der Waals surface area contributed by atoms with Crippen molar-refractivity contribution in [1.29, 1.82) is 0 Å². The molecule has 0 spiro atoms. The Morgan fingerprint density at radius 3 is 2.67 bits per heavy atom. The summed E-state index contributed by atoms with van der Waals surface area (Å²) in [6.45, 7) is 5.15. The molecule has 0 atom stereocenters. The van der Waals surface area contributed by atoms with Crippen LogP contribution in [0.1, 0.15) is 26.5 Å². The van der Waals surface area contributed by atoms with Gasteiger partial charge in [-0.1, -0.05) is 0 Å². The number of H-pyrrole nitrogens is 1. The third-order valence-electron chi connectivity index (χ3n) is 3.55. The number of carbonyl (C=O) groups is 3. The zero-order chi connectivity index (χ0) is 22.3. The SMILES string of the molecule is CC(C)(C)OC(=O)NCCOCc1cc2cn(CC(=O)NCC(=O)O)c(=O)nc2[nH]1. The van der Waals surface area contributed by atoms with Gasteiger partial charge in [0.2, 0.25) is 5.91 Å². The van der Waals surface area contributed by atoms with Crippen molar-refractivity contribution in [3.8, 4) is 0 Å². The van der Waals surface area contributed by atoms with E-state index in [1.54, 1.807) is 26.8 Å². The van der Waals surface area contributed by atoms with E-state index >= 15 is 0 Å². The molecule has 164 valence electrons. The highest BCUT2D eigenvalue weighted by Crippen LogP contribution is 2.12. The molecule has 0 bridgehead atoms. The first-order valence-electron chi connectivity index (χ1n) is 9.15. The number of carbonyl (C=O) groups excluding carboxylic acids is 2. The van der Waals surface area contributed by atoms with Crippen LogP contribution in [0, 0.1) is 0 Å². The standard InChI is InChI=1S/C18H25N5O7/c1-18(2,3)30-17(28)19-4-5-29-10-12-6-11-8-23(16(27)22-15(11)21-12)9-13(24)20-7-14(25)26/h6,8H,4-5,7,9-10H2,1-3H3,(H,19,28)(H,20,24)(H,25,26)(H,21,22,27).